The Bertz CT molecular complexity index is 727. The highest BCUT2D eigenvalue weighted by Gasteiger charge is 2.22. The number of rotatable bonds is 2. The molecule has 3 nitrogen and oxygen atoms in total. The van der Waals surface area contributed by atoms with Crippen LogP contribution in [-0.4, -0.2) is 5.91 Å². The van der Waals surface area contributed by atoms with E-state index in [9.17, 15) is 10.1 Å². The SMILES string of the molecule is N#Cc1c(NC(=O)c2sccc2Br)sc2c1CCCCC2. The molecule has 2 aromatic heterocycles. The number of hydrogen-bond acceptors (Lipinski definition) is 4. The third kappa shape index (κ3) is 2.91. The second-order valence-corrected chi connectivity index (χ2v) is 7.81. The molecule has 0 fully saturated rings. The number of anilines is 1. The van der Waals surface area contributed by atoms with Gasteiger partial charge in [0.05, 0.1) is 5.56 Å². The molecule has 1 N–H and O–H groups in total. The van der Waals surface area contributed by atoms with E-state index >= 15 is 0 Å². The first-order chi connectivity index (χ1) is 10.2. The summed E-state index contributed by atoms with van der Waals surface area (Å²) in [5, 5.41) is 14.9. The summed E-state index contributed by atoms with van der Waals surface area (Å²) < 4.78 is 0.793. The van der Waals surface area contributed by atoms with Gasteiger partial charge < -0.3 is 5.32 Å². The lowest BCUT2D eigenvalue weighted by Gasteiger charge is -2.03. The molecule has 108 valence electrons. The van der Waals surface area contributed by atoms with Crippen LogP contribution in [0.4, 0.5) is 5.00 Å². The maximum absolute atomic E-state index is 12.3. The fourth-order valence-corrected chi connectivity index (χ4v) is 5.25. The average Bonchev–Trinajstić information content (AvgIpc) is 2.95. The van der Waals surface area contributed by atoms with E-state index in [-0.39, 0.29) is 5.91 Å². The first kappa shape index (κ1) is 14.8. The number of thiophene rings is 2. The third-order valence-electron chi connectivity index (χ3n) is 3.58. The van der Waals surface area contributed by atoms with Crippen molar-refractivity contribution >= 4 is 49.5 Å². The molecule has 1 amide bonds. The number of amides is 1. The largest absolute Gasteiger partial charge is 0.312 e. The number of carbonyl (C=O) groups excluding carboxylic acids is 1. The lowest BCUT2D eigenvalue weighted by atomic mass is 10.1. The monoisotopic (exact) mass is 380 g/mol. The Morgan fingerprint density at radius 1 is 1.33 bits per heavy atom. The summed E-state index contributed by atoms with van der Waals surface area (Å²) in [6.45, 7) is 0. The molecule has 21 heavy (non-hydrogen) atoms. The van der Waals surface area contributed by atoms with Crippen LogP contribution in [0.3, 0.4) is 0 Å². The molecule has 0 unspecified atom stereocenters. The quantitative estimate of drug-likeness (QED) is 0.747. The van der Waals surface area contributed by atoms with Crippen molar-refractivity contribution in [2.45, 2.75) is 32.1 Å². The number of nitriles is 1. The molecule has 3 rings (SSSR count). The van der Waals surface area contributed by atoms with Gasteiger partial charge >= 0.3 is 0 Å². The summed E-state index contributed by atoms with van der Waals surface area (Å²) in [4.78, 5) is 14.2. The van der Waals surface area contributed by atoms with Gasteiger partial charge in [0.25, 0.3) is 5.91 Å². The molecule has 0 radical (unpaired) electrons. The molecule has 0 saturated carbocycles. The summed E-state index contributed by atoms with van der Waals surface area (Å²) in [7, 11) is 0. The third-order valence-corrected chi connectivity index (χ3v) is 6.63. The van der Waals surface area contributed by atoms with Gasteiger partial charge in [0.15, 0.2) is 0 Å². The second kappa shape index (κ2) is 6.30. The molecule has 0 bridgehead atoms. The van der Waals surface area contributed by atoms with Gasteiger partial charge in [-0.3, -0.25) is 4.79 Å². The van der Waals surface area contributed by atoms with E-state index in [2.05, 4.69) is 27.3 Å². The predicted molar refractivity (Wildman–Crippen MR) is 90.3 cm³/mol. The van der Waals surface area contributed by atoms with E-state index in [1.165, 1.54) is 29.1 Å². The van der Waals surface area contributed by atoms with E-state index in [1.54, 1.807) is 11.3 Å². The van der Waals surface area contributed by atoms with E-state index in [1.807, 2.05) is 11.4 Å². The van der Waals surface area contributed by atoms with Crippen LogP contribution in [0, 0.1) is 11.3 Å². The fourth-order valence-electron chi connectivity index (χ4n) is 2.56. The molecule has 0 atom stereocenters. The summed E-state index contributed by atoms with van der Waals surface area (Å²) in [5.41, 5.74) is 1.82. The van der Waals surface area contributed by atoms with Crippen LogP contribution >= 0.6 is 38.6 Å². The molecule has 0 aromatic carbocycles. The lowest BCUT2D eigenvalue weighted by molar-refractivity contribution is 0.103. The Hall–Kier alpha value is -1.16. The first-order valence-corrected chi connectivity index (χ1v) is 9.28. The Kier molecular flexibility index (Phi) is 4.43. The number of nitrogens with one attached hydrogen (secondary N) is 1. The van der Waals surface area contributed by atoms with Crippen molar-refractivity contribution in [1.29, 1.82) is 5.26 Å². The lowest BCUT2D eigenvalue weighted by Crippen LogP contribution is -2.10. The van der Waals surface area contributed by atoms with Crippen LogP contribution < -0.4 is 5.32 Å². The molecule has 1 aliphatic carbocycles. The molecular formula is C15H13BrN2OS2. The summed E-state index contributed by atoms with van der Waals surface area (Å²) in [6.07, 6.45) is 5.49. The first-order valence-electron chi connectivity index (χ1n) is 6.79. The van der Waals surface area contributed by atoms with Crippen LogP contribution in [-0.2, 0) is 12.8 Å². The highest BCUT2D eigenvalue weighted by atomic mass is 79.9. The summed E-state index contributed by atoms with van der Waals surface area (Å²) in [6, 6.07) is 4.14. The minimum atomic E-state index is -0.148. The van der Waals surface area contributed by atoms with Crippen molar-refractivity contribution in [2.24, 2.45) is 0 Å². The maximum Gasteiger partial charge on any atom is 0.267 e. The van der Waals surface area contributed by atoms with Crippen LogP contribution in [0.1, 0.15) is 44.9 Å². The number of aryl methyl sites for hydroxylation is 1. The average molecular weight is 381 g/mol. The number of nitrogens with zero attached hydrogens (tertiary/aromatic N) is 1. The molecular weight excluding hydrogens is 368 g/mol. The van der Waals surface area contributed by atoms with E-state index in [0.29, 0.717) is 15.4 Å². The van der Waals surface area contributed by atoms with Gasteiger partial charge in [0.1, 0.15) is 15.9 Å². The number of halogens is 1. The van der Waals surface area contributed by atoms with E-state index in [4.69, 9.17) is 0 Å². The highest BCUT2D eigenvalue weighted by Crippen LogP contribution is 2.37. The summed E-state index contributed by atoms with van der Waals surface area (Å²) in [5.74, 6) is -0.148. The van der Waals surface area contributed by atoms with Gasteiger partial charge in [-0.2, -0.15) is 5.26 Å². The van der Waals surface area contributed by atoms with Crippen LogP contribution in [0.25, 0.3) is 0 Å². The predicted octanol–water partition coefficient (Wildman–Crippen LogP) is 4.96. The van der Waals surface area contributed by atoms with Crippen LogP contribution in [0.2, 0.25) is 0 Å². The van der Waals surface area contributed by atoms with Gasteiger partial charge in [-0.25, -0.2) is 0 Å². The van der Waals surface area contributed by atoms with E-state index < -0.39 is 0 Å². The second-order valence-electron chi connectivity index (χ2n) is 4.93. The molecule has 2 aromatic rings. The van der Waals surface area contributed by atoms with Crippen LogP contribution in [0.5, 0.6) is 0 Å². The van der Waals surface area contributed by atoms with Crippen LogP contribution in [0.15, 0.2) is 15.9 Å². The standard InChI is InChI=1S/C15H13BrN2OS2/c16-11-6-7-20-13(11)14(19)18-15-10(8-17)9-4-2-1-3-5-12(9)21-15/h6-7H,1-5H2,(H,18,19). The van der Waals surface area contributed by atoms with E-state index in [0.717, 1.165) is 29.3 Å². The van der Waals surface area contributed by atoms with Crippen molar-refractivity contribution in [3.63, 3.8) is 0 Å². The minimum Gasteiger partial charge on any atom is -0.312 e. The van der Waals surface area contributed by atoms with Crippen molar-refractivity contribution in [3.8, 4) is 6.07 Å². The minimum absolute atomic E-state index is 0.148. The van der Waals surface area contributed by atoms with Crippen molar-refractivity contribution in [2.75, 3.05) is 5.32 Å². The van der Waals surface area contributed by atoms with Crippen molar-refractivity contribution in [1.82, 2.24) is 0 Å². The molecule has 1 aliphatic rings. The highest BCUT2D eigenvalue weighted by molar-refractivity contribution is 9.10. The van der Waals surface area contributed by atoms with Crippen molar-refractivity contribution < 1.29 is 4.79 Å². The van der Waals surface area contributed by atoms with Gasteiger partial charge in [0.2, 0.25) is 0 Å². The number of hydrogen-bond donors (Lipinski definition) is 1. The molecule has 0 spiro atoms. The zero-order valence-electron chi connectivity index (χ0n) is 11.2. The Labute approximate surface area is 139 Å². The number of fused-ring (bicyclic) bond motifs is 1. The molecule has 0 saturated heterocycles. The molecule has 0 aliphatic heterocycles. The van der Waals surface area contributed by atoms with Gasteiger partial charge in [-0.1, -0.05) is 6.42 Å². The molecule has 6 heteroatoms. The van der Waals surface area contributed by atoms with Gasteiger partial charge in [0, 0.05) is 9.35 Å². The topological polar surface area (TPSA) is 52.9 Å². The van der Waals surface area contributed by atoms with Gasteiger partial charge in [-0.05, 0) is 58.6 Å². The maximum atomic E-state index is 12.3. The van der Waals surface area contributed by atoms with Gasteiger partial charge in [-0.15, -0.1) is 22.7 Å². The normalized spacial score (nSPS) is 14.1. The van der Waals surface area contributed by atoms with Crippen molar-refractivity contribution in [3.05, 3.63) is 36.8 Å². The fraction of sp³-hybridized carbons (Fsp3) is 0.333. The Balaban J connectivity index is 1.91. The zero-order valence-corrected chi connectivity index (χ0v) is 14.5. The zero-order chi connectivity index (χ0) is 14.8. The Morgan fingerprint density at radius 3 is 2.86 bits per heavy atom. The summed E-state index contributed by atoms with van der Waals surface area (Å²) >= 11 is 6.33. The molecule has 2 heterocycles. The smallest absolute Gasteiger partial charge is 0.267 e. The number of carbonyl (C=O) groups is 1. The Morgan fingerprint density at radius 2 is 2.14 bits per heavy atom.